The molecule has 5 nitrogen and oxygen atoms in total. The average Bonchev–Trinajstić information content (AvgIpc) is 2.59. The lowest BCUT2D eigenvalue weighted by atomic mass is 10.0. The van der Waals surface area contributed by atoms with E-state index in [0.717, 1.165) is 31.1 Å². The summed E-state index contributed by atoms with van der Waals surface area (Å²) in [6, 6.07) is 3.92. The molecule has 19 heavy (non-hydrogen) atoms. The van der Waals surface area contributed by atoms with E-state index in [-0.39, 0.29) is 12.1 Å². The summed E-state index contributed by atoms with van der Waals surface area (Å²) in [7, 11) is 5.95. The lowest BCUT2D eigenvalue weighted by molar-refractivity contribution is 0.193. The van der Waals surface area contributed by atoms with Crippen molar-refractivity contribution < 1.29 is 4.74 Å². The normalized spacial score (nSPS) is 23.9. The third kappa shape index (κ3) is 3.23. The van der Waals surface area contributed by atoms with Crippen molar-refractivity contribution in [3.05, 3.63) is 24.0 Å². The number of ether oxygens (including phenoxy) is 1. The summed E-state index contributed by atoms with van der Waals surface area (Å²) < 4.78 is 5.38. The lowest BCUT2D eigenvalue weighted by Gasteiger charge is -2.32. The van der Waals surface area contributed by atoms with E-state index in [0.29, 0.717) is 0 Å². The third-order valence-corrected chi connectivity index (χ3v) is 3.87. The van der Waals surface area contributed by atoms with Crippen molar-refractivity contribution in [1.82, 2.24) is 14.8 Å². The maximum atomic E-state index is 6.46. The Kier molecular flexibility index (Phi) is 4.74. The van der Waals surface area contributed by atoms with Gasteiger partial charge in [0.25, 0.3) is 0 Å². The fourth-order valence-electron chi connectivity index (χ4n) is 2.70. The average molecular weight is 264 g/mol. The van der Waals surface area contributed by atoms with Crippen molar-refractivity contribution in [1.29, 1.82) is 0 Å². The van der Waals surface area contributed by atoms with Crippen molar-refractivity contribution in [3.63, 3.8) is 0 Å². The molecule has 1 saturated heterocycles. The maximum Gasteiger partial charge on any atom is 0.142 e. The number of nitrogens with zero attached hydrogens (tertiary/aromatic N) is 3. The number of hydrogen-bond acceptors (Lipinski definition) is 5. The van der Waals surface area contributed by atoms with E-state index >= 15 is 0 Å². The van der Waals surface area contributed by atoms with E-state index in [2.05, 4.69) is 28.9 Å². The lowest BCUT2D eigenvalue weighted by Crippen LogP contribution is -2.45. The molecule has 1 aromatic heterocycles. The second-order valence-electron chi connectivity index (χ2n) is 5.28. The molecule has 0 bridgehead atoms. The summed E-state index contributed by atoms with van der Waals surface area (Å²) >= 11 is 0. The number of likely N-dealkylation sites (N-methyl/N-ethyl adjacent to an activating group) is 2. The van der Waals surface area contributed by atoms with Crippen molar-refractivity contribution >= 4 is 0 Å². The van der Waals surface area contributed by atoms with Gasteiger partial charge in [0, 0.05) is 18.8 Å². The molecule has 106 valence electrons. The van der Waals surface area contributed by atoms with Gasteiger partial charge in [-0.25, -0.2) is 0 Å². The zero-order valence-corrected chi connectivity index (χ0v) is 12.0. The van der Waals surface area contributed by atoms with E-state index in [1.54, 1.807) is 13.3 Å². The van der Waals surface area contributed by atoms with Crippen LogP contribution in [-0.2, 0) is 0 Å². The van der Waals surface area contributed by atoms with E-state index in [1.807, 2.05) is 12.1 Å². The molecule has 5 heteroatoms. The van der Waals surface area contributed by atoms with Crippen LogP contribution in [0.1, 0.15) is 18.2 Å². The van der Waals surface area contributed by atoms with Crippen molar-refractivity contribution in [2.45, 2.75) is 18.5 Å². The quantitative estimate of drug-likeness (QED) is 0.872. The number of methoxy groups -OCH3 is 1. The molecule has 1 aliphatic heterocycles. The zero-order valence-electron chi connectivity index (χ0n) is 12.0. The van der Waals surface area contributed by atoms with Crippen LogP contribution in [-0.4, -0.2) is 61.7 Å². The first kappa shape index (κ1) is 14.2. The molecule has 2 rings (SSSR count). The van der Waals surface area contributed by atoms with Gasteiger partial charge < -0.3 is 20.3 Å². The first-order chi connectivity index (χ1) is 9.13. The summed E-state index contributed by atoms with van der Waals surface area (Å²) in [6.45, 7) is 3.14. The Bertz CT molecular complexity index is 412. The summed E-state index contributed by atoms with van der Waals surface area (Å²) in [5.74, 6) is 0.773. The standard InChI is InChI=1S/C14H24N4O/c1-17-8-5-9-18(2)11(10-17)13(15)14-12(19-3)6-4-7-16-14/h4,6-7,11,13H,5,8-10,15H2,1-3H3. The van der Waals surface area contributed by atoms with Crippen LogP contribution in [0, 0.1) is 0 Å². The second kappa shape index (κ2) is 6.32. The van der Waals surface area contributed by atoms with Gasteiger partial charge in [-0.3, -0.25) is 4.98 Å². The first-order valence-electron chi connectivity index (χ1n) is 6.76. The highest BCUT2D eigenvalue weighted by atomic mass is 16.5. The first-order valence-corrected chi connectivity index (χ1v) is 6.76. The fourth-order valence-corrected chi connectivity index (χ4v) is 2.70. The van der Waals surface area contributed by atoms with Gasteiger partial charge in [-0.05, 0) is 45.7 Å². The second-order valence-corrected chi connectivity index (χ2v) is 5.28. The Labute approximate surface area is 115 Å². The number of nitrogens with two attached hydrogens (primary N) is 1. The van der Waals surface area contributed by atoms with Crippen LogP contribution in [0.5, 0.6) is 5.75 Å². The molecule has 0 spiro atoms. The summed E-state index contributed by atoms with van der Waals surface area (Å²) in [4.78, 5) is 9.09. The van der Waals surface area contributed by atoms with Crippen LogP contribution in [0.2, 0.25) is 0 Å². The smallest absolute Gasteiger partial charge is 0.142 e. The molecule has 0 amide bonds. The van der Waals surface area contributed by atoms with Gasteiger partial charge in [0.05, 0.1) is 13.2 Å². The Balaban J connectivity index is 2.23. The third-order valence-electron chi connectivity index (χ3n) is 3.87. The Hall–Kier alpha value is -1.17. The van der Waals surface area contributed by atoms with E-state index in [1.165, 1.54) is 6.42 Å². The molecule has 1 aliphatic rings. The summed E-state index contributed by atoms with van der Waals surface area (Å²) in [5.41, 5.74) is 7.30. The van der Waals surface area contributed by atoms with Crippen LogP contribution < -0.4 is 10.5 Å². The van der Waals surface area contributed by atoms with Gasteiger partial charge in [0.15, 0.2) is 0 Å². The van der Waals surface area contributed by atoms with Crippen LogP contribution in [0.3, 0.4) is 0 Å². The Morgan fingerprint density at radius 2 is 2.21 bits per heavy atom. The highest BCUT2D eigenvalue weighted by Crippen LogP contribution is 2.26. The predicted molar refractivity (Wildman–Crippen MR) is 76.2 cm³/mol. The molecular weight excluding hydrogens is 240 g/mol. The molecule has 2 N–H and O–H groups in total. The van der Waals surface area contributed by atoms with Crippen LogP contribution in [0.25, 0.3) is 0 Å². The van der Waals surface area contributed by atoms with Gasteiger partial charge in [-0.2, -0.15) is 0 Å². The largest absolute Gasteiger partial charge is 0.495 e. The molecule has 0 aromatic carbocycles. The summed E-state index contributed by atoms with van der Waals surface area (Å²) in [6.07, 6.45) is 2.95. The van der Waals surface area contributed by atoms with Gasteiger partial charge >= 0.3 is 0 Å². The van der Waals surface area contributed by atoms with Crippen molar-refractivity contribution in [2.24, 2.45) is 5.73 Å². The topological polar surface area (TPSA) is 54.6 Å². The number of aromatic nitrogens is 1. The molecule has 0 aliphatic carbocycles. The van der Waals surface area contributed by atoms with Crippen LogP contribution in [0.15, 0.2) is 18.3 Å². The predicted octanol–water partition coefficient (Wildman–Crippen LogP) is 0.726. The number of rotatable bonds is 3. The van der Waals surface area contributed by atoms with E-state index in [9.17, 15) is 0 Å². The molecule has 1 fully saturated rings. The van der Waals surface area contributed by atoms with E-state index < -0.39 is 0 Å². The van der Waals surface area contributed by atoms with Crippen molar-refractivity contribution in [3.8, 4) is 5.75 Å². The van der Waals surface area contributed by atoms with Crippen LogP contribution in [0.4, 0.5) is 0 Å². The molecular formula is C14H24N4O. The summed E-state index contributed by atoms with van der Waals surface area (Å²) in [5, 5.41) is 0. The molecule has 2 heterocycles. The Morgan fingerprint density at radius 3 is 2.95 bits per heavy atom. The van der Waals surface area contributed by atoms with Gasteiger partial charge in [0.1, 0.15) is 11.4 Å². The number of pyridine rings is 1. The van der Waals surface area contributed by atoms with Gasteiger partial charge in [-0.1, -0.05) is 0 Å². The minimum absolute atomic E-state index is 0.137. The van der Waals surface area contributed by atoms with Gasteiger partial charge in [-0.15, -0.1) is 0 Å². The SMILES string of the molecule is COc1cccnc1C(N)C1CN(C)CCCN1C. The highest BCUT2D eigenvalue weighted by Gasteiger charge is 2.29. The monoisotopic (exact) mass is 264 g/mol. The molecule has 0 radical (unpaired) electrons. The zero-order chi connectivity index (χ0) is 13.8. The van der Waals surface area contributed by atoms with Crippen LogP contribution >= 0.6 is 0 Å². The Morgan fingerprint density at radius 1 is 1.42 bits per heavy atom. The molecule has 2 unspecified atom stereocenters. The minimum atomic E-state index is -0.137. The molecule has 1 aromatic rings. The maximum absolute atomic E-state index is 6.46. The van der Waals surface area contributed by atoms with E-state index in [4.69, 9.17) is 10.5 Å². The molecule has 0 saturated carbocycles. The van der Waals surface area contributed by atoms with Gasteiger partial charge in [0.2, 0.25) is 0 Å². The number of hydrogen-bond donors (Lipinski definition) is 1. The molecule has 2 atom stereocenters. The fraction of sp³-hybridized carbons (Fsp3) is 0.643. The minimum Gasteiger partial charge on any atom is -0.495 e. The highest BCUT2D eigenvalue weighted by molar-refractivity contribution is 5.30. The van der Waals surface area contributed by atoms with Crippen molar-refractivity contribution in [2.75, 3.05) is 40.8 Å².